The fourth-order valence-corrected chi connectivity index (χ4v) is 2.63. The topological polar surface area (TPSA) is 80.1 Å². The number of nitrogens with zero attached hydrogens (tertiary/aromatic N) is 2. The van der Waals surface area contributed by atoms with E-state index in [1.165, 1.54) is 17.2 Å². The Hall–Kier alpha value is -2.63. The SMILES string of the molecule is CNc1ccc([N+](=O)[O-])c(NCC2Cc3ccccc32)n1. The fraction of sp³-hybridized carbons (Fsp3) is 0.267. The maximum absolute atomic E-state index is 11.1. The average Bonchev–Trinajstić information content (AvgIpc) is 2.47. The number of rotatable bonds is 5. The Balaban J connectivity index is 1.75. The average molecular weight is 284 g/mol. The lowest BCUT2D eigenvalue weighted by molar-refractivity contribution is -0.384. The third kappa shape index (κ3) is 2.52. The molecule has 1 aromatic carbocycles. The summed E-state index contributed by atoms with van der Waals surface area (Å²) in [5, 5.41) is 17.1. The van der Waals surface area contributed by atoms with Gasteiger partial charge in [0.15, 0.2) is 0 Å². The summed E-state index contributed by atoms with van der Waals surface area (Å²) in [7, 11) is 1.74. The van der Waals surface area contributed by atoms with Crippen molar-refractivity contribution in [2.45, 2.75) is 12.3 Å². The van der Waals surface area contributed by atoms with Gasteiger partial charge in [-0.15, -0.1) is 0 Å². The van der Waals surface area contributed by atoms with Crippen LogP contribution in [0.25, 0.3) is 0 Å². The first-order valence-corrected chi connectivity index (χ1v) is 6.84. The van der Waals surface area contributed by atoms with Crippen molar-refractivity contribution >= 4 is 17.3 Å². The maximum Gasteiger partial charge on any atom is 0.311 e. The third-order valence-corrected chi connectivity index (χ3v) is 3.80. The molecule has 6 nitrogen and oxygen atoms in total. The van der Waals surface area contributed by atoms with Crippen LogP contribution in [-0.2, 0) is 6.42 Å². The number of aromatic nitrogens is 1. The Labute approximate surface area is 122 Å². The molecule has 0 aliphatic heterocycles. The van der Waals surface area contributed by atoms with Gasteiger partial charge in [0.05, 0.1) is 4.92 Å². The minimum atomic E-state index is -0.413. The molecular weight excluding hydrogens is 268 g/mol. The summed E-state index contributed by atoms with van der Waals surface area (Å²) in [6, 6.07) is 11.3. The molecule has 0 amide bonds. The third-order valence-electron chi connectivity index (χ3n) is 3.80. The zero-order valence-electron chi connectivity index (χ0n) is 11.7. The first kappa shape index (κ1) is 13.4. The van der Waals surface area contributed by atoms with Crippen LogP contribution in [0.15, 0.2) is 36.4 Å². The molecule has 108 valence electrons. The number of hydrogen-bond donors (Lipinski definition) is 2. The highest BCUT2D eigenvalue weighted by Crippen LogP contribution is 2.35. The molecule has 1 unspecified atom stereocenters. The molecule has 2 N–H and O–H groups in total. The highest BCUT2D eigenvalue weighted by atomic mass is 16.6. The number of anilines is 2. The molecule has 0 spiro atoms. The fourth-order valence-electron chi connectivity index (χ4n) is 2.63. The first-order chi connectivity index (χ1) is 10.2. The van der Waals surface area contributed by atoms with Gasteiger partial charge in [-0.3, -0.25) is 10.1 Å². The van der Waals surface area contributed by atoms with E-state index in [-0.39, 0.29) is 5.69 Å². The van der Waals surface area contributed by atoms with Crippen LogP contribution in [0.4, 0.5) is 17.3 Å². The summed E-state index contributed by atoms with van der Waals surface area (Å²) in [5.41, 5.74) is 2.68. The summed E-state index contributed by atoms with van der Waals surface area (Å²) in [4.78, 5) is 14.9. The molecule has 1 atom stereocenters. The largest absolute Gasteiger partial charge is 0.373 e. The van der Waals surface area contributed by atoms with Crippen LogP contribution >= 0.6 is 0 Å². The van der Waals surface area contributed by atoms with E-state index in [0.717, 1.165) is 6.42 Å². The van der Waals surface area contributed by atoms with E-state index in [4.69, 9.17) is 0 Å². The lowest BCUT2D eigenvalue weighted by atomic mass is 9.77. The van der Waals surface area contributed by atoms with Crippen molar-refractivity contribution in [1.82, 2.24) is 4.98 Å². The Bertz CT molecular complexity index is 687. The van der Waals surface area contributed by atoms with E-state index in [2.05, 4.69) is 27.8 Å². The van der Waals surface area contributed by atoms with E-state index in [9.17, 15) is 10.1 Å². The van der Waals surface area contributed by atoms with Crippen LogP contribution in [0, 0.1) is 10.1 Å². The number of hydrogen-bond acceptors (Lipinski definition) is 5. The summed E-state index contributed by atoms with van der Waals surface area (Å²) < 4.78 is 0. The number of benzene rings is 1. The summed E-state index contributed by atoms with van der Waals surface area (Å²) in [5.74, 6) is 1.31. The lowest BCUT2D eigenvalue weighted by Crippen LogP contribution is -2.24. The van der Waals surface area contributed by atoms with Gasteiger partial charge in [0.25, 0.3) is 0 Å². The first-order valence-electron chi connectivity index (χ1n) is 6.84. The smallest absolute Gasteiger partial charge is 0.311 e. The Morgan fingerprint density at radius 3 is 2.86 bits per heavy atom. The molecule has 1 heterocycles. The summed E-state index contributed by atoms with van der Waals surface area (Å²) >= 11 is 0. The Kier molecular flexibility index (Phi) is 3.43. The van der Waals surface area contributed by atoms with Crippen molar-refractivity contribution in [2.75, 3.05) is 24.2 Å². The minimum Gasteiger partial charge on any atom is -0.373 e. The van der Waals surface area contributed by atoms with E-state index >= 15 is 0 Å². The van der Waals surface area contributed by atoms with Crippen LogP contribution in [0.2, 0.25) is 0 Å². The van der Waals surface area contributed by atoms with Gasteiger partial charge < -0.3 is 10.6 Å². The molecule has 21 heavy (non-hydrogen) atoms. The molecule has 0 radical (unpaired) electrons. The quantitative estimate of drug-likeness (QED) is 0.652. The second-order valence-corrected chi connectivity index (χ2v) is 5.05. The Morgan fingerprint density at radius 1 is 1.33 bits per heavy atom. The van der Waals surface area contributed by atoms with Crippen LogP contribution in [0.1, 0.15) is 17.0 Å². The summed E-state index contributed by atoms with van der Waals surface area (Å²) in [6.07, 6.45) is 1.00. The highest BCUT2D eigenvalue weighted by molar-refractivity contribution is 5.60. The summed E-state index contributed by atoms with van der Waals surface area (Å²) in [6.45, 7) is 0.651. The van der Waals surface area contributed by atoms with Gasteiger partial charge in [-0.1, -0.05) is 24.3 Å². The van der Waals surface area contributed by atoms with Gasteiger partial charge in [0.1, 0.15) is 5.82 Å². The molecule has 0 saturated heterocycles. The van der Waals surface area contributed by atoms with Crippen LogP contribution < -0.4 is 10.6 Å². The zero-order valence-corrected chi connectivity index (χ0v) is 11.7. The molecule has 6 heteroatoms. The van der Waals surface area contributed by atoms with Gasteiger partial charge in [-0.2, -0.15) is 0 Å². The molecule has 0 saturated carbocycles. The van der Waals surface area contributed by atoms with E-state index in [0.29, 0.717) is 24.1 Å². The maximum atomic E-state index is 11.1. The zero-order chi connectivity index (χ0) is 14.8. The standard InChI is InChI=1S/C15H16N4O2/c1-16-14-7-6-13(19(20)21)15(18-14)17-9-11-8-10-4-2-3-5-12(10)11/h2-7,11H,8-9H2,1H3,(H2,16,17,18). The second-order valence-electron chi connectivity index (χ2n) is 5.05. The highest BCUT2D eigenvalue weighted by Gasteiger charge is 2.26. The van der Waals surface area contributed by atoms with Crippen molar-refractivity contribution < 1.29 is 4.92 Å². The van der Waals surface area contributed by atoms with Crippen molar-refractivity contribution in [3.8, 4) is 0 Å². The molecule has 0 bridgehead atoms. The van der Waals surface area contributed by atoms with Crippen LogP contribution in [0.3, 0.4) is 0 Å². The van der Waals surface area contributed by atoms with E-state index in [1.807, 2.05) is 12.1 Å². The monoisotopic (exact) mass is 284 g/mol. The van der Waals surface area contributed by atoms with Crippen LogP contribution in [0.5, 0.6) is 0 Å². The molecule has 0 fully saturated rings. The molecule has 2 aromatic rings. The van der Waals surface area contributed by atoms with E-state index in [1.54, 1.807) is 13.1 Å². The minimum absolute atomic E-state index is 0.00149. The van der Waals surface area contributed by atoms with Gasteiger partial charge in [-0.25, -0.2) is 4.98 Å². The van der Waals surface area contributed by atoms with Crippen molar-refractivity contribution in [3.63, 3.8) is 0 Å². The predicted molar refractivity (Wildman–Crippen MR) is 81.8 cm³/mol. The number of pyridine rings is 1. The van der Waals surface area contributed by atoms with Crippen molar-refractivity contribution in [1.29, 1.82) is 0 Å². The predicted octanol–water partition coefficient (Wildman–Crippen LogP) is 2.78. The lowest BCUT2D eigenvalue weighted by Gasteiger charge is -2.30. The molecule has 1 aliphatic rings. The second kappa shape index (κ2) is 5.40. The van der Waals surface area contributed by atoms with Crippen molar-refractivity contribution in [2.24, 2.45) is 0 Å². The normalized spacial score (nSPS) is 15.8. The van der Waals surface area contributed by atoms with Gasteiger partial charge in [0, 0.05) is 25.6 Å². The van der Waals surface area contributed by atoms with Gasteiger partial charge >= 0.3 is 5.69 Å². The number of nitro groups is 1. The Morgan fingerprint density at radius 2 is 2.14 bits per heavy atom. The molecular formula is C15H16N4O2. The molecule has 1 aromatic heterocycles. The van der Waals surface area contributed by atoms with Gasteiger partial charge in [0.2, 0.25) is 5.82 Å². The molecule has 1 aliphatic carbocycles. The molecule has 3 rings (SSSR count). The number of nitrogens with one attached hydrogen (secondary N) is 2. The van der Waals surface area contributed by atoms with E-state index < -0.39 is 4.92 Å². The van der Waals surface area contributed by atoms with Gasteiger partial charge in [-0.05, 0) is 23.6 Å². The van der Waals surface area contributed by atoms with Crippen molar-refractivity contribution in [3.05, 3.63) is 57.6 Å². The van der Waals surface area contributed by atoms with Crippen LogP contribution in [-0.4, -0.2) is 23.5 Å². The number of fused-ring (bicyclic) bond motifs is 1.